The summed E-state index contributed by atoms with van der Waals surface area (Å²) in [5.74, 6) is -0.612. The van der Waals surface area contributed by atoms with Gasteiger partial charge in [0, 0.05) is 31.7 Å². The van der Waals surface area contributed by atoms with E-state index in [4.69, 9.17) is 0 Å². The van der Waals surface area contributed by atoms with Crippen molar-refractivity contribution < 1.29 is 17.6 Å². The predicted octanol–water partition coefficient (Wildman–Crippen LogP) is 2.59. The average Bonchev–Trinajstić information content (AvgIpc) is 2.64. The van der Waals surface area contributed by atoms with Crippen molar-refractivity contribution in [3.8, 4) is 0 Å². The van der Waals surface area contributed by atoms with Crippen molar-refractivity contribution in [3.05, 3.63) is 65.0 Å². The van der Waals surface area contributed by atoms with Gasteiger partial charge in [0.2, 0.25) is 10.0 Å². The number of sulfonamides is 1. The van der Waals surface area contributed by atoms with Crippen molar-refractivity contribution in [2.45, 2.75) is 18.7 Å². The number of carbonyl (C=O) groups is 1. The molecule has 0 saturated carbocycles. The molecule has 1 heterocycles. The number of aryl methyl sites for hydroxylation is 2. The molecule has 0 spiro atoms. The van der Waals surface area contributed by atoms with Crippen molar-refractivity contribution in [3.63, 3.8) is 0 Å². The Morgan fingerprint density at radius 1 is 0.923 bits per heavy atom. The zero-order chi connectivity index (χ0) is 18.9. The largest absolute Gasteiger partial charge is 0.336 e. The molecule has 7 heteroatoms. The third-order valence-electron chi connectivity index (χ3n) is 4.73. The highest BCUT2D eigenvalue weighted by Crippen LogP contribution is 2.21. The summed E-state index contributed by atoms with van der Waals surface area (Å²) >= 11 is 0. The number of carbonyl (C=O) groups excluding carboxylic acids is 1. The second-order valence-electron chi connectivity index (χ2n) is 6.45. The van der Waals surface area contributed by atoms with Gasteiger partial charge >= 0.3 is 0 Å². The second-order valence-corrected chi connectivity index (χ2v) is 8.39. The maximum Gasteiger partial charge on any atom is 0.253 e. The van der Waals surface area contributed by atoms with Gasteiger partial charge < -0.3 is 4.90 Å². The van der Waals surface area contributed by atoms with Gasteiger partial charge in [-0.3, -0.25) is 4.79 Å². The zero-order valence-corrected chi connectivity index (χ0v) is 15.6. The fourth-order valence-electron chi connectivity index (χ4n) is 2.93. The molecule has 0 aliphatic carbocycles. The van der Waals surface area contributed by atoms with Crippen LogP contribution in [0, 0.1) is 19.7 Å². The molecule has 2 aromatic rings. The van der Waals surface area contributed by atoms with Gasteiger partial charge in [0.05, 0.1) is 4.90 Å². The second kappa shape index (κ2) is 7.17. The van der Waals surface area contributed by atoms with E-state index in [-0.39, 0.29) is 23.9 Å². The van der Waals surface area contributed by atoms with E-state index in [1.54, 1.807) is 23.1 Å². The highest BCUT2D eigenvalue weighted by atomic mass is 32.2. The van der Waals surface area contributed by atoms with E-state index in [9.17, 15) is 17.6 Å². The van der Waals surface area contributed by atoms with Crippen LogP contribution in [0.1, 0.15) is 21.5 Å². The van der Waals surface area contributed by atoms with Gasteiger partial charge in [0.1, 0.15) is 5.82 Å². The molecule has 0 N–H and O–H groups in total. The number of piperazine rings is 1. The Morgan fingerprint density at radius 2 is 1.54 bits per heavy atom. The molecule has 26 heavy (non-hydrogen) atoms. The molecule has 2 aromatic carbocycles. The maximum absolute atomic E-state index is 13.0. The normalized spacial score (nSPS) is 15.9. The summed E-state index contributed by atoms with van der Waals surface area (Å²) < 4.78 is 40.0. The van der Waals surface area contributed by atoms with E-state index in [0.717, 1.165) is 11.1 Å². The van der Waals surface area contributed by atoms with Crippen LogP contribution in [0.15, 0.2) is 47.4 Å². The van der Waals surface area contributed by atoms with E-state index in [0.29, 0.717) is 18.7 Å². The van der Waals surface area contributed by atoms with Crippen LogP contribution in [-0.2, 0) is 10.0 Å². The Morgan fingerprint density at radius 3 is 2.12 bits per heavy atom. The first-order valence-corrected chi connectivity index (χ1v) is 9.85. The van der Waals surface area contributed by atoms with Gasteiger partial charge in [-0.1, -0.05) is 6.07 Å². The van der Waals surface area contributed by atoms with Crippen molar-refractivity contribution in [2.75, 3.05) is 26.2 Å². The van der Waals surface area contributed by atoms with E-state index in [1.807, 2.05) is 13.8 Å². The molecule has 138 valence electrons. The molecule has 1 fully saturated rings. The first-order chi connectivity index (χ1) is 12.3. The van der Waals surface area contributed by atoms with Crippen LogP contribution in [-0.4, -0.2) is 49.7 Å². The van der Waals surface area contributed by atoms with Crippen LogP contribution in [0.5, 0.6) is 0 Å². The molecular formula is C19H21FN2O3S. The Hall–Kier alpha value is -2.25. The van der Waals surface area contributed by atoms with E-state index in [2.05, 4.69) is 0 Å². The SMILES string of the molecule is Cc1ccc(S(=O)(=O)N2CCN(C(=O)c3ccc(F)cc3)CC2)cc1C. The molecule has 3 rings (SSSR count). The van der Waals surface area contributed by atoms with Crippen LogP contribution in [0.25, 0.3) is 0 Å². The summed E-state index contributed by atoms with van der Waals surface area (Å²) in [7, 11) is -3.57. The number of nitrogens with zero attached hydrogens (tertiary/aromatic N) is 2. The highest BCUT2D eigenvalue weighted by Gasteiger charge is 2.30. The number of halogens is 1. The van der Waals surface area contributed by atoms with Gasteiger partial charge in [-0.25, -0.2) is 12.8 Å². The molecule has 0 radical (unpaired) electrons. The lowest BCUT2D eigenvalue weighted by Crippen LogP contribution is -2.50. The van der Waals surface area contributed by atoms with Gasteiger partial charge in [0.25, 0.3) is 5.91 Å². The number of amides is 1. The molecule has 0 atom stereocenters. The summed E-state index contributed by atoms with van der Waals surface area (Å²) in [6.07, 6.45) is 0. The zero-order valence-electron chi connectivity index (χ0n) is 14.8. The fourth-order valence-corrected chi connectivity index (χ4v) is 4.44. The average molecular weight is 376 g/mol. The molecular weight excluding hydrogens is 355 g/mol. The molecule has 1 aliphatic heterocycles. The smallest absolute Gasteiger partial charge is 0.253 e. The van der Waals surface area contributed by atoms with Gasteiger partial charge in [-0.15, -0.1) is 0 Å². The van der Waals surface area contributed by atoms with Crippen LogP contribution in [0.2, 0.25) is 0 Å². The Balaban J connectivity index is 1.70. The van der Waals surface area contributed by atoms with Gasteiger partial charge in [0.15, 0.2) is 0 Å². The minimum Gasteiger partial charge on any atom is -0.336 e. The van der Waals surface area contributed by atoms with Gasteiger partial charge in [-0.05, 0) is 61.4 Å². The molecule has 0 bridgehead atoms. The van der Waals surface area contributed by atoms with Gasteiger partial charge in [-0.2, -0.15) is 4.31 Å². The Labute approximate surface area is 153 Å². The lowest BCUT2D eigenvalue weighted by atomic mass is 10.1. The van der Waals surface area contributed by atoms with E-state index >= 15 is 0 Å². The topological polar surface area (TPSA) is 57.7 Å². The number of rotatable bonds is 3. The summed E-state index contributed by atoms with van der Waals surface area (Å²) in [4.78, 5) is 14.3. The molecule has 1 aliphatic rings. The minimum atomic E-state index is -3.57. The molecule has 1 amide bonds. The van der Waals surface area contributed by atoms with E-state index < -0.39 is 15.8 Å². The maximum atomic E-state index is 13.0. The van der Waals surface area contributed by atoms with Crippen molar-refractivity contribution >= 4 is 15.9 Å². The lowest BCUT2D eigenvalue weighted by Gasteiger charge is -2.34. The monoisotopic (exact) mass is 376 g/mol. The third-order valence-corrected chi connectivity index (χ3v) is 6.63. The summed E-state index contributed by atoms with van der Waals surface area (Å²) in [5.41, 5.74) is 2.37. The predicted molar refractivity (Wildman–Crippen MR) is 97.0 cm³/mol. The minimum absolute atomic E-state index is 0.215. The third kappa shape index (κ3) is 3.64. The quantitative estimate of drug-likeness (QED) is 0.827. The highest BCUT2D eigenvalue weighted by molar-refractivity contribution is 7.89. The summed E-state index contributed by atoms with van der Waals surface area (Å²) in [6, 6.07) is 10.5. The van der Waals surface area contributed by atoms with Crippen molar-refractivity contribution in [2.24, 2.45) is 0 Å². The standard InChI is InChI=1S/C19H21FN2O3S/c1-14-3-8-18(13-15(14)2)26(24,25)22-11-9-21(10-12-22)19(23)16-4-6-17(20)7-5-16/h3-8,13H,9-12H2,1-2H3. The summed E-state index contributed by atoms with van der Waals surface area (Å²) in [5, 5.41) is 0. The molecule has 0 unspecified atom stereocenters. The van der Waals surface area contributed by atoms with Crippen LogP contribution in [0.4, 0.5) is 4.39 Å². The first-order valence-electron chi connectivity index (χ1n) is 8.41. The van der Waals surface area contributed by atoms with Crippen molar-refractivity contribution in [1.82, 2.24) is 9.21 Å². The van der Waals surface area contributed by atoms with Crippen LogP contribution >= 0.6 is 0 Å². The Kier molecular flexibility index (Phi) is 5.11. The van der Waals surface area contributed by atoms with Crippen LogP contribution in [0.3, 0.4) is 0 Å². The first kappa shape index (κ1) is 18.5. The van der Waals surface area contributed by atoms with Crippen LogP contribution < -0.4 is 0 Å². The number of hydrogen-bond donors (Lipinski definition) is 0. The molecule has 0 aromatic heterocycles. The van der Waals surface area contributed by atoms with Crippen molar-refractivity contribution in [1.29, 1.82) is 0 Å². The van der Waals surface area contributed by atoms with E-state index in [1.165, 1.54) is 28.6 Å². The summed E-state index contributed by atoms with van der Waals surface area (Å²) in [6.45, 7) is 4.91. The molecule has 5 nitrogen and oxygen atoms in total. The lowest BCUT2D eigenvalue weighted by molar-refractivity contribution is 0.0698. The molecule has 1 saturated heterocycles. The number of benzene rings is 2. The fraction of sp³-hybridized carbons (Fsp3) is 0.316. The number of hydrogen-bond acceptors (Lipinski definition) is 3. The Bertz CT molecular complexity index is 918.